The number of unbranched alkanes of at least 4 members (excludes halogenated alkanes) is 3. The van der Waals surface area contributed by atoms with E-state index in [4.69, 9.17) is 15.6 Å². The molecular weight excluding hydrogens is 220 g/mol. The Balaban J connectivity index is 2.28. The van der Waals surface area contributed by atoms with E-state index in [1.165, 1.54) is 0 Å². The van der Waals surface area contributed by atoms with Crippen LogP contribution in [0, 0.1) is 0 Å². The molecule has 1 aromatic heterocycles. The Bertz CT molecular complexity index is 333. The van der Waals surface area contributed by atoms with Crippen LogP contribution in [0.15, 0.2) is 6.07 Å². The second-order valence-electron chi connectivity index (χ2n) is 3.72. The molecule has 0 spiro atoms. The third-order valence-electron chi connectivity index (χ3n) is 2.32. The zero-order valence-corrected chi connectivity index (χ0v) is 10.1. The van der Waals surface area contributed by atoms with Crippen molar-refractivity contribution in [1.29, 1.82) is 0 Å². The highest BCUT2D eigenvalue weighted by molar-refractivity contribution is 5.42. The normalized spacial score (nSPS) is 10.2. The van der Waals surface area contributed by atoms with Crippen LogP contribution in [0.2, 0.25) is 0 Å². The van der Waals surface area contributed by atoms with Crippen molar-refractivity contribution >= 4 is 11.8 Å². The van der Waals surface area contributed by atoms with Gasteiger partial charge in [-0.25, -0.2) is 0 Å². The summed E-state index contributed by atoms with van der Waals surface area (Å²) in [5.74, 6) is 1.34. The first-order valence-electron chi connectivity index (χ1n) is 5.79. The minimum absolute atomic E-state index is 0.201. The summed E-state index contributed by atoms with van der Waals surface area (Å²) in [7, 11) is 1.54. The summed E-state index contributed by atoms with van der Waals surface area (Å²) < 4.78 is 5.00. The molecule has 0 atom stereocenters. The lowest BCUT2D eigenvalue weighted by Gasteiger charge is -2.07. The Morgan fingerprint density at radius 1 is 1.29 bits per heavy atom. The molecule has 6 nitrogen and oxygen atoms in total. The van der Waals surface area contributed by atoms with Gasteiger partial charge in [-0.15, -0.1) is 0 Å². The summed E-state index contributed by atoms with van der Waals surface area (Å²) in [6.45, 7) is 1.10. The van der Waals surface area contributed by atoms with Crippen molar-refractivity contribution in [3.63, 3.8) is 0 Å². The number of aromatic nitrogens is 2. The van der Waals surface area contributed by atoms with Crippen LogP contribution < -0.4 is 15.8 Å². The van der Waals surface area contributed by atoms with Crippen molar-refractivity contribution < 1.29 is 9.84 Å². The average Bonchev–Trinajstić information content (AvgIpc) is 2.33. The molecule has 0 fully saturated rings. The molecule has 0 unspecified atom stereocenters. The zero-order chi connectivity index (χ0) is 12.5. The third kappa shape index (κ3) is 5.35. The predicted octanol–water partition coefficient (Wildman–Crippen LogP) is 1.03. The number of nitrogens with two attached hydrogens (primary N) is 1. The van der Waals surface area contributed by atoms with Gasteiger partial charge in [-0.1, -0.05) is 12.8 Å². The van der Waals surface area contributed by atoms with Crippen LogP contribution >= 0.6 is 0 Å². The standard InChI is InChI=1S/C11H20N4O2/c1-17-10-8-9(14-11(12)15-10)13-6-4-2-3-5-7-16/h8,16H,2-7H2,1H3,(H3,12,13,14,15). The summed E-state index contributed by atoms with van der Waals surface area (Å²) >= 11 is 0. The van der Waals surface area contributed by atoms with Crippen LogP contribution in [-0.2, 0) is 0 Å². The van der Waals surface area contributed by atoms with Crippen molar-refractivity contribution in [2.75, 3.05) is 31.3 Å². The van der Waals surface area contributed by atoms with Gasteiger partial charge in [0.25, 0.3) is 0 Å². The maximum absolute atomic E-state index is 8.63. The number of methoxy groups -OCH3 is 1. The second-order valence-corrected chi connectivity index (χ2v) is 3.72. The molecule has 0 bridgehead atoms. The van der Waals surface area contributed by atoms with Gasteiger partial charge in [0.1, 0.15) is 5.82 Å². The number of hydrogen-bond donors (Lipinski definition) is 3. The van der Waals surface area contributed by atoms with E-state index in [0.29, 0.717) is 11.7 Å². The molecular formula is C11H20N4O2. The van der Waals surface area contributed by atoms with Crippen molar-refractivity contribution in [2.24, 2.45) is 0 Å². The molecule has 1 aromatic rings. The molecule has 0 saturated carbocycles. The monoisotopic (exact) mass is 240 g/mol. The fraction of sp³-hybridized carbons (Fsp3) is 0.636. The molecule has 1 rings (SSSR count). The lowest BCUT2D eigenvalue weighted by atomic mass is 10.2. The van der Waals surface area contributed by atoms with Gasteiger partial charge in [-0.05, 0) is 12.8 Å². The molecule has 0 saturated heterocycles. The molecule has 0 aliphatic carbocycles. The van der Waals surface area contributed by atoms with Crippen molar-refractivity contribution in [2.45, 2.75) is 25.7 Å². The maximum atomic E-state index is 8.63. The van der Waals surface area contributed by atoms with Crippen molar-refractivity contribution in [3.05, 3.63) is 6.07 Å². The quantitative estimate of drug-likeness (QED) is 0.588. The molecule has 1 heterocycles. The van der Waals surface area contributed by atoms with Gasteiger partial charge in [0.15, 0.2) is 0 Å². The molecule has 0 aliphatic rings. The first-order valence-corrected chi connectivity index (χ1v) is 5.79. The Hall–Kier alpha value is -1.56. The van der Waals surface area contributed by atoms with E-state index < -0.39 is 0 Å². The first-order chi connectivity index (χ1) is 8.26. The molecule has 4 N–H and O–H groups in total. The maximum Gasteiger partial charge on any atom is 0.225 e. The van der Waals surface area contributed by atoms with Crippen molar-refractivity contribution in [1.82, 2.24) is 9.97 Å². The van der Waals surface area contributed by atoms with Crippen LogP contribution in [0.1, 0.15) is 25.7 Å². The number of hydrogen-bond acceptors (Lipinski definition) is 6. The van der Waals surface area contributed by atoms with Crippen LogP contribution in [0.5, 0.6) is 5.88 Å². The van der Waals surface area contributed by atoms with Gasteiger partial charge >= 0.3 is 0 Å². The number of rotatable bonds is 8. The Morgan fingerprint density at radius 2 is 2.06 bits per heavy atom. The minimum Gasteiger partial charge on any atom is -0.481 e. The van der Waals surface area contributed by atoms with E-state index in [2.05, 4.69) is 15.3 Å². The van der Waals surface area contributed by atoms with Crippen LogP contribution in [-0.4, -0.2) is 35.3 Å². The smallest absolute Gasteiger partial charge is 0.225 e. The number of aliphatic hydroxyl groups is 1. The number of ether oxygens (including phenoxy) is 1. The summed E-state index contributed by atoms with van der Waals surface area (Å²) in [5.41, 5.74) is 5.53. The number of nitrogens with zero attached hydrogens (tertiary/aromatic N) is 2. The van der Waals surface area contributed by atoms with E-state index >= 15 is 0 Å². The third-order valence-corrected chi connectivity index (χ3v) is 2.32. The fourth-order valence-corrected chi connectivity index (χ4v) is 1.44. The van der Waals surface area contributed by atoms with Gasteiger partial charge in [0.05, 0.1) is 7.11 Å². The molecule has 96 valence electrons. The van der Waals surface area contributed by atoms with E-state index in [9.17, 15) is 0 Å². The highest BCUT2D eigenvalue weighted by atomic mass is 16.5. The number of nitrogens with one attached hydrogen (secondary N) is 1. The molecule has 17 heavy (non-hydrogen) atoms. The highest BCUT2D eigenvalue weighted by Crippen LogP contribution is 2.14. The average molecular weight is 240 g/mol. The van der Waals surface area contributed by atoms with Crippen LogP contribution in [0.25, 0.3) is 0 Å². The molecule has 0 radical (unpaired) electrons. The summed E-state index contributed by atoms with van der Waals surface area (Å²) in [6, 6.07) is 1.71. The van der Waals surface area contributed by atoms with E-state index in [1.54, 1.807) is 13.2 Å². The minimum atomic E-state index is 0.201. The lowest BCUT2D eigenvalue weighted by Crippen LogP contribution is -2.06. The first kappa shape index (κ1) is 13.5. The fourth-order valence-electron chi connectivity index (χ4n) is 1.44. The van der Waals surface area contributed by atoms with E-state index in [-0.39, 0.29) is 12.6 Å². The number of nitrogen functional groups attached to an aromatic ring is 1. The summed E-state index contributed by atoms with van der Waals surface area (Å²) in [6.07, 6.45) is 4.04. The van der Waals surface area contributed by atoms with E-state index in [1.807, 2.05) is 0 Å². The summed E-state index contributed by atoms with van der Waals surface area (Å²) in [5, 5.41) is 11.8. The Labute approximate surface area is 101 Å². The lowest BCUT2D eigenvalue weighted by molar-refractivity contribution is 0.283. The van der Waals surface area contributed by atoms with E-state index in [0.717, 1.165) is 32.2 Å². The van der Waals surface area contributed by atoms with Gasteiger partial charge < -0.3 is 20.9 Å². The predicted molar refractivity (Wildman–Crippen MR) is 67.0 cm³/mol. The van der Waals surface area contributed by atoms with Gasteiger partial charge in [-0.3, -0.25) is 0 Å². The van der Waals surface area contributed by atoms with Crippen molar-refractivity contribution in [3.8, 4) is 5.88 Å². The summed E-state index contributed by atoms with van der Waals surface area (Å²) in [4.78, 5) is 7.95. The van der Waals surface area contributed by atoms with Crippen LogP contribution in [0.3, 0.4) is 0 Å². The van der Waals surface area contributed by atoms with Crippen LogP contribution in [0.4, 0.5) is 11.8 Å². The van der Waals surface area contributed by atoms with Gasteiger partial charge in [0.2, 0.25) is 11.8 Å². The zero-order valence-electron chi connectivity index (χ0n) is 10.1. The largest absolute Gasteiger partial charge is 0.481 e. The molecule has 6 heteroatoms. The van der Waals surface area contributed by atoms with Gasteiger partial charge in [0, 0.05) is 19.2 Å². The Kier molecular flexibility index (Phi) is 6.09. The number of anilines is 2. The molecule has 0 amide bonds. The van der Waals surface area contributed by atoms with Gasteiger partial charge in [-0.2, -0.15) is 9.97 Å². The SMILES string of the molecule is COc1cc(NCCCCCCO)nc(N)n1. The highest BCUT2D eigenvalue weighted by Gasteiger charge is 2.01. The molecule has 0 aliphatic heterocycles. The topological polar surface area (TPSA) is 93.3 Å². The Morgan fingerprint density at radius 3 is 2.76 bits per heavy atom. The number of aliphatic hydroxyl groups excluding tert-OH is 1. The second kappa shape index (κ2) is 7.67. The molecule has 0 aromatic carbocycles.